The van der Waals surface area contributed by atoms with Crippen LogP contribution in [0.15, 0.2) is 48.5 Å². The van der Waals surface area contributed by atoms with E-state index in [0.29, 0.717) is 38.2 Å². The van der Waals surface area contributed by atoms with E-state index >= 15 is 0 Å². The van der Waals surface area contributed by atoms with Gasteiger partial charge in [-0.15, -0.1) is 0 Å². The average Bonchev–Trinajstić information content (AvgIpc) is 2.69. The predicted octanol–water partition coefficient (Wildman–Crippen LogP) is 4.64. The number of ether oxygens (including phenoxy) is 3. The van der Waals surface area contributed by atoms with Gasteiger partial charge in [-0.2, -0.15) is 0 Å². The third kappa shape index (κ3) is 7.13. The summed E-state index contributed by atoms with van der Waals surface area (Å²) in [5.41, 5.74) is 2.60. The highest BCUT2D eigenvalue weighted by Crippen LogP contribution is 2.23. The molecule has 0 amide bonds. The van der Waals surface area contributed by atoms with Crippen molar-refractivity contribution in [1.29, 1.82) is 0 Å². The Morgan fingerprint density at radius 3 is 1.89 bits per heavy atom. The first kappa shape index (κ1) is 20.5. The summed E-state index contributed by atoms with van der Waals surface area (Å²) in [7, 11) is 0. The second-order valence-electron chi connectivity index (χ2n) is 6.13. The van der Waals surface area contributed by atoms with Gasteiger partial charge in [0.05, 0.1) is 25.4 Å². The Bertz CT molecular complexity index is 719. The first-order chi connectivity index (χ1) is 13.1. The Morgan fingerprint density at radius 2 is 1.33 bits per heavy atom. The van der Waals surface area contributed by atoms with Gasteiger partial charge in [-0.3, -0.25) is 4.79 Å². The van der Waals surface area contributed by atoms with Crippen LogP contribution in [-0.4, -0.2) is 31.8 Å². The number of benzene rings is 2. The maximum absolute atomic E-state index is 12.1. The van der Waals surface area contributed by atoms with E-state index < -0.39 is 0 Å². The fourth-order valence-corrected chi connectivity index (χ4v) is 2.43. The summed E-state index contributed by atoms with van der Waals surface area (Å²) in [6, 6.07) is 15.2. The summed E-state index contributed by atoms with van der Waals surface area (Å²) in [5, 5.41) is 0. The van der Waals surface area contributed by atoms with Gasteiger partial charge in [0.2, 0.25) is 0 Å². The van der Waals surface area contributed by atoms with Crippen molar-refractivity contribution >= 4 is 11.9 Å². The van der Waals surface area contributed by atoms with E-state index in [1.807, 2.05) is 36.4 Å². The van der Waals surface area contributed by atoms with E-state index in [4.69, 9.17) is 14.2 Å². The lowest BCUT2D eigenvalue weighted by Crippen LogP contribution is -2.07. The van der Waals surface area contributed by atoms with Crippen LogP contribution in [0, 0.1) is 0 Å². The highest BCUT2D eigenvalue weighted by molar-refractivity contribution is 5.90. The first-order valence-corrected chi connectivity index (χ1v) is 9.24. The standard InChI is InChI=1S/C22H26O5/c1-3-14-26-21-12-10-19(11-13-21)18-6-8-20(9-7-18)22(24)27-16-5-4-15-25-17(2)23/h6-13H,3-5,14-16H2,1-2H3. The Morgan fingerprint density at radius 1 is 0.778 bits per heavy atom. The summed E-state index contributed by atoms with van der Waals surface area (Å²) in [5.74, 6) is 0.210. The fourth-order valence-electron chi connectivity index (χ4n) is 2.43. The van der Waals surface area contributed by atoms with E-state index in [-0.39, 0.29) is 11.9 Å². The molecule has 0 heterocycles. The summed E-state index contributed by atoms with van der Waals surface area (Å²) in [4.78, 5) is 22.7. The normalized spacial score (nSPS) is 10.3. The van der Waals surface area contributed by atoms with Crippen LogP contribution in [0.4, 0.5) is 0 Å². The minimum atomic E-state index is -0.350. The topological polar surface area (TPSA) is 61.8 Å². The van der Waals surface area contributed by atoms with Gasteiger partial charge in [-0.05, 0) is 54.7 Å². The summed E-state index contributed by atoms with van der Waals surface area (Å²) in [6.07, 6.45) is 2.30. The quantitative estimate of drug-likeness (QED) is 0.450. The molecule has 0 spiro atoms. The minimum Gasteiger partial charge on any atom is -0.494 e. The molecule has 0 bridgehead atoms. The molecule has 0 aliphatic heterocycles. The molecule has 0 aliphatic carbocycles. The van der Waals surface area contributed by atoms with Crippen molar-refractivity contribution in [1.82, 2.24) is 0 Å². The zero-order chi connectivity index (χ0) is 19.5. The molecule has 2 aromatic carbocycles. The molecule has 0 radical (unpaired) electrons. The fraction of sp³-hybridized carbons (Fsp3) is 0.364. The van der Waals surface area contributed by atoms with Crippen LogP contribution in [0.1, 0.15) is 43.5 Å². The Kier molecular flexibility index (Phi) is 8.36. The monoisotopic (exact) mass is 370 g/mol. The maximum atomic E-state index is 12.1. The van der Waals surface area contributed by atoms with Crippen LogP contribution < -0.4 is 4.74 Å². The van der Waals surface area contributed by atoms with E-state index in [2.05, 4.69) is 6.92 Å². The second kappa shape index (κ2) is 11.0. The van der Waals surface area contributed by atoms with Gasteiger partial charge in [0, 0.05) is 6.92 Å². The number of hydrogen-bond donors (Lipinski definition) is 0. The number of carbonyl (C=O) groups excluding carboxylic acids is 2. The highest BCUT2D eigenvalue weighted by Gasteiger charge is 2.07. The molecule has 27 heavy (non-hydrogen) atoms. The van der Waals surface area contributed by atoms with Crippen LogP contribution in [0.25, 0.3) is 11.1 Å². The molecular weight excluding hydrogens is 344 g/mol. The molecule has 5 heteroatoms. The molecule has 0 aromatic heterocycles. The third-order valence-electron chi connectivity index (χ3n) is 3.86. The van der Waals surface area contributed by atoms with Gasteiger partial charge in [-0.25, -0.2) is 4.79 Å². The number of hydrogen-bond acceptors (Lipinski definition) is 5. The van der Waals surface area contributed by atoms with Gasteiger partial charge >= 0.3 is 11.9 Å². The largest absolute Gasteiger partial charge is 0.494 e. The predicted molar refractivity (Wildman–Crippen MR) is 104 cm³/mol. The summed E-state index contributed by atoms with van der Waals surface area (Å²) >= 11 is 0. The Balaban J connectivity index is 1.81. The van der Waals surface area contributed by atoms with Crippen LogP contribution in [-0.2, 0) is 14.3 Å². The zero-order valence-electron chi connectivity index (χ0n) is 15.9. The second-order valence-corrected chi connectivity index (χ2v) is 6.13. The van der Waals surface area contributed by atoms with Crippen molar-refractivity contribution in [2.75, 3.05) is 19.8 Å². The van der Waals surface area contributed by atoms with Crippen molar-refractivity contribution < 1.29 is 23.8 Å². The molecule has 0 N–H and O–H groups in total. The smallest absolute Gasteiger partial charge is 0.338 e. The lowest BCUT2D eigenvalue weighted by Gasteiger charge is -2.08. The molecule has 2 aromatic rings. The van der Waals surface area contributed by atoms with Crippen molar-refractivity contribution in [3.63, 3.8) is 0 Å². The van der Waals surface area contributed by atoms with Gasteiger partial charge < -0.3 is 14.2 Å². The Hall–Kier alpha value is -2.82. The molecular formula is C22H26O5. The molecule has 0 aliphatic rings. The van der Waals surface area contributed by atoms with Crippen molar-refractivity contribution in [3.05, 3.63) is 54.1 Å². The van der Waals surface area contributed by atoms with Crippen molar-refractivity contribution in [3.8, 4) is 16.9 Å². The van der Waals surface area contributed by atoms with E-state index in [0.717, 1.165) is 23.3 Å². The van der Waals surface area contributed by atoms with Gasteiger partial charge in [0.1, 0.15) is 5.75 Å². The van der Waals surface area contributed by atoms with E-state index in [9.17, 15) is 9.59 Å². The van der Waals surface area contributed by atoms with E-state index in [1.165, 1.54) is 6.92 Å². The number of esters is 2. The van der Waals surface area contributed by atoms with Crippen LogP contribution in [0.3, 0.4) is 0 Å². The summed E-state index contributed by atoms with van der Waals surface area (Å²) < 4.78 is 15.7. The van der Waals surface area contributed by atoms with Crippen LogP contribution in [0.2, 0.25) is 0 Å². The summed E-state index contributed by atoms with van der Waals surface area (Å²) in [6.45, 7) is 4.81. The molecule has 5 nitrogen and oxygen atoms in total. The third-order valence-corrected chi connectivity index (χ3v) is 3.86. The number of rotatable bonds is 10. The molecule has 0 saturated carbocycles. The lowest BCUT2D eigenvalue weighted by molar-refractivity contribution is -0.141. The van der Waals surface area contributed by atoms with Gasteiger partial charge in [0.25, 0.3) is 0 Å². The molecule has 0 atom stereocenters. The molecule has 0 fully saturated rings. The lowest BCUT2D eigenvalue weighted by atomic mass is 10.0. The maximum Gasteiger partial charge on any atom is 0.338 e. The van der Waals surface area contributed by atoms with Crippen LogP contribution >= 0.6 is 0 Å². The SMILES string of the molecule is CCCOc1ccc(-c2ccc(C(=O)OCCCCOC(C)=O)cc2)cc1. The highest BCUT2D eigenvalue weighted by atomic mass is 16.5. The van der Waals surface area contributed by atoms with Crippen LogP contribution in [0.5, 0.6) is 5.75 Å². The molecule has 144 valence electrons. The number of carbonyl (C=O) groups is 2. The molecule has 0 unspecified atom stereocenters. The average molecular weight is 370 g/mol. The zero-order valence-corrected chi connectivity index (χ0v) is 15.9. The van der Waals surface area contributed by atoms with Crippen molar-refractivity contribution in [2.24, 2.45) is 0 Å². The minimum absolute atomic E-state index is 0.296. The van der Waals surface area contributed by atoms with Crippen molar-refractivity contribution in [2.45, 2.75) is 33.1 Å². The molecule has 2 rings (SSSR count). The number of unbranched alkanes of at least 4 members (excludes halogenated alkanes) is 1. The van der Waals surface area contributed by atoms with Gasteiger partial charge in [-0.1, -0.05) is 31.2 Å². The molecule has 0 saturated heterocycles. The van der Waals surface area contributed by atoms with E-state index in [1.54, 1.807) is 12.1 Å². The Labute approximate surface area is 160 Å². The first-order valence-electron chi connectivity index (χ1n) is 9.24. The van der Waals surface area contributed by atoms with Gasteiger partial charge in [0.15, 0.2) is 0 Å².